The number of hydrogen-bond donors (Lipinski definition) is 1. The number of ether oxygens (including phenoxy) is 1. The van der Waals surface area contributed by atoms with Gasteiger partial charge in [0.25, 0.3) is 0 Å². The number of benzene rings is 2. The molecule has 150 valence electrons. The maximum atomic E-state index is 13.2. The summed E-state index contributed by atoms with van der Waals surface area (Å²) in [5.41, 5.74) is 1.73. The lowest BCUT2D eigenvalue weighted by atomic mass is 10.0. The van der Waals surface area contributed by atoms with Crippen LogP contribution in [-0.4, -0.2) is 43.0 Å². The third-order valence-electron chi connectivity index (χ3n) is 4.45. The van der Waals surface area contributed by atoms with Crippen molar-refractivity contribution < 1.29 is 18.7 Å². The highest BCUT2D eigenvalue weighted by atomic mass is 19.1. The average Bonchev–Trinajstić information content (AvgIpc) is 2.70. The zero-order valence-electron chi connectivity index (χ0n) is 16.4. The van der Waals surface area contributed by atoms with E-state index in [1.807, 2.05) is 30.3 Å². The monoisotopic (exact) mass is 386 g/mol. The molecule has 2 aromatic rings. The van der Waals surface area contributed by atoms with Crippen LogP contribution in [0.3, 0.4) is 0 Å². The van der Waals surface area contributed by atoms with Gasteiger partial charge in [-0.1, -0.05) is 42.5 Å². The summed E-state index contributed by atoms with van der Waals surface area (Å²) in [5, 5.41) is 2.90. The number of halogens is 1. The molecule has 1 atom stereocenters. The molecular weight excluding hydrogens is 359 g/mol. The largest absolute Gasteiger partial charge is 0.385 e. The maximum absolute atomic E-state index is 13.2. The summed E-state index contributed by atoms with van der Waals surface area (Å²) in [6.45, 7) is 2.70. The van der Waals surface area contributed by atoms with Crippen molar-refractivity contribution in [2.45, 2.75) is 32.4 Å². The lowest BCUT2D eigenvalue weighted by molar-refractivity contribution is -0.139. The van der Waals surface area contributed by atoms with E-state index in [2.05, 4.69) is 5.32 Å². The molecule has 0 aliphatic rings. The summed E-state index contributed by atoms with van der Waals surface area (Å²) in [6.07, 6.45) is 1.09. The van der Waals surface area contributed by atoms with E-state index in [4.69, 9.17) is 4.74 Å². The normalized spacial score (nSPS) is 11.7. The number of amides is 2. The minimum Gasteiger partial charge on any atom is -0.385 e. The second-order valence-electron chi connectivity index (χ2n) is 6.62. The van der Waals surface area contributed by atoms with E-state index in [9.17, 15) is 14.0 Å². The Morgan fingerprint density at radius 3 is 2.36 bits per heavy atom. The molecule has 2 amide bonds. The predicted molar refractivity (Wildman–Crippen MR) is 106 cm³/mol. The number of carbonyl (C=O) groups is 2. The van der Waals surface area contributed by atoms with Crippen molar-refractivity contribution in [1.82, 2.24) is 10.2 Å². The topological polar surface area (TPSA) is 58.6 Å². The molecule has 28 heavy (non-hydrogen) atoms. The molecule has 0 saturated heterocycles. The molecular formula is C22H27FN2O3. The first-order chi connectivity index (χ1) is 13.5. The fourth-order valence-electron chi connectivity index (χ4n) is 2.96. The van der Waals surface area contributed by atoms with Crippen molar-refractivity contribution in [3.8, 4) is 0 Å². The molecule has 0 bridgehead atoms. The van der Waals surface area contributed by atoms with Gasteiger partial charge in [0.15, 0.2) is 0 Å². The quantitative estimate of drug-likeness (QED) is 0.639. The van der Waals surface area contributed by atoms with Gasteiger partial charge in [0.05, 0.1) is 0 Å². The Bertz CT molecular complexity index is 750. The van der Waals surface area contributed by atoms with Crippen LogP contribution in [0.5, 0.6) is 0 Å². The van der Waals surface area contributed by atoms with E-state index in [-0.39, 0.29) is 24.2 Å². The van der Waals surface area contributed by atoms with Crippen LogP contribution >= 0.6 is 0 Å². The first kappa shape index (κ1) is 21.6. The number of carbonyl (C=O) groups excluding carboxylic acids is 2. The first-order valence-electron chi connectivity index (χ1n) is 9.33. The highest BCUT2D eigenvalue weighted by molar-refractivity contribution is 5.87. The molecule has 2 rings (SSSR count). The predicted octanol–water partition coefficient (Wildman–Crippen LogP) is 2.94. The third-order valence-corrected chi connectivity index (χ3v) is 4.45. The van der Waals surface area contributed by atoms with Gasteiger partial charge in [-0.3, -0.25) is 9.59 Å². The molecule has 1 N–H and O–H groups in total. The number of methoxy groups -OCH3 is 1. The standard InChI is InChI=1S/C22H27FN2O3/c1-17(26)25(16-19-9-11-20(23)12-10-19)21(15-18-7-4-3-5-8-18)22(27)24-13-6-14-28-2/h3-5,7-12,21H,6,13-16H2,1-2H3,(H,24,27)/t21-/m1/s1. The van der Waals surface area contributed by atoms with Crippen LogP contribution in [0.25, 0.3) is 0 Å². The van der Waals surface area contributed by atoms with E-state index in [1.54, 1.807) is 19.2 Å². The first-order valence-corrected chi connectivity index (χ1v) is 9.33. The Hall–Kier alpha value is -2.73. The number of rotatable bonds is 10. The summed E-state index contributed by atoms with van der Waals surface area (Å²) >= 11 is 0. The maximum Gasteiger partial charge on any atom is 0.243 e. The summed E-state index contributed by atoms with van der Waals surface area (Å²) in [7, 11) is 1.61. The van der Waals surface area contributed by atoms with Gasteiger partial charge in [-0.2, -0.15) is 0 Å². The van der Waals surface area contributed by atoms with Gasteiger partial charge in [-0.15, -0.1) is 0 Å². The van der Waals surface area contributed by atoms with Crippen molar-refractivity contribution in [3.63, 3.8) is 0 Å². The second kappa shape index (κ2) is 11.2. The SMILES string of the molecule is COCCCNC(=O)[C@@H](Cc1ccccc1)N(Cc1ccc(F)cc1)C(C)=O. The Labute approximate surface area is 165 Å². The fourth-order valence-corrected chi connectivity index (χ4v) is 2.96. The van der Waals surface area contributed by atoms with Crippen LogP contribution in [0, 0.1) is 5.82 Å². The minimum atomic E-state index is -0.660. The van der Waals surface area contributed by atoms with Gasteiger partial charge in [0.2, 0.25) is 11.8 Å². The lowest BCUT2D eigenvalue weighted by Crippen LogP contribution is -2.50. The van der Waals surface area contributed by atoms with Crippen molar-refractivity contribution in [3.05, 3.63) is 71.5 Å². The highest BCUT2D eigenvalue weighted by Crippen LogP contribution is 2.15. The molecule has 0 unspecified atom stereocenters. The van der Waals surface area contributed by atoms with Gasteiger partial charge >= 0.3 is 0 Å². The molecule has 0 aliphatic carbocycles. The van der Waals surface area contributed by atoms with Crippen LogP contribution in [0.4, 0.5) is 4.39 Å². The molecule has 0 fully saturated rings. The van der Waals surface area contributed by atoms with Crippen LogP contribution < -0.4 is 5.32 Å². The molecule has 6 heteroatoms. The molecule has 0 radical (unpaired) electrons. The van der Waals surface area contributed by atoms with E-state index >= 15 is 0 Å². The number of nitrogens with zero attached hydrogens (tertiary/aromatic N) is 1. The Morgan fingerprint density at radius 1 is 1.07 bits per heavy atom. The molecule has 0 heterocycles. The fraction of sp³-hybridized carbons (Fsp3) is 0.364. The lowest BCUT2D eigenvalue weighted by Gasteiger charge is -2.30. The van der Waals surface area contributed by atoms with E-state index in [0.717, 1.165) is 11.1 Å². The molecule has 0 saturated carbocycles. The molecule has 5 nitrogen and oxygen atoms in total. The van der Waals surface area contributed by atoms with Crippen LogP contribution in [0.2, 0.25) is 0 Å². The number of hydrogen-bond acceptors (Lipinski definition) is 3. The van der Waals surface area contributed by atoms with E-state index in [0.29, 0.717) is 26.0 Å². The van der Waals surface area contributed by atoms with Gasteiger partial charge in [0, 0.05) is 40.2 Å². The third kappa shape index (κ3) is 6.78. The zero-order valence-corrected chi connectivity index (χ0v) is 16.4. The Kier molecular flexibility index (Phi) is 8.62. The zero-order chi connectivity index (χ0) is 20.4. The number of nitrogens with one attached hydrogen (secondary N) is 1. The van der Waals surface area contributed by atoms with Crippen molar-refractivity contribution >= 4 is 11.8 Å². The van der Waals surface area contributed by atoms with E-state index < -0.39 is 6.04 Å². The molecule has 0 aliphatic heterocycles. The molecule has 2 aromatic carbocycles. The Balaban J connectivity index is 2.20. The Morgan fingerprint density at radius 2 is 1.75 bits per heavy atom. The van der Waals surface area contributed by atoms with Gasteiger partial charge in [-0.05, 0) is 29.7 Å². The second-order valence-corrected chi connectivity index (χ2v) is 6.62. The minimum absolute atomic E-state index is 0.211. The molecule has 0 aromatic heterocycles. The van der Waals surface area contributed by atoms with Crippen LogP contribution in [-0.2, 0) is 27.3 Å². The average molecular weight is 386 g/mol. The van der Waals surface area contributed by atoms with Crippen molar-refractivity contribution in [2.24, 2.45) is 0 Å². The van der Waals surface area contributed by atoms with Gasteiger partial charge in [-0.25, -0.2) is 4.39 Å². The highest BCUT2D eigenvalue weighted by Gasteiger charge is 2.28. The smallest absolute Gasteiger partial charge is 0.243 e. The van der Waals surface area contributed by atoms with Crippen LogP contribution in [0.15, 0.2) is 54.6 Å². The molecule has 0 spiro atoms. The van der Waals surface area contributed by atoms with Crippen LogP contribution in [0.1, 0.15) is 24.5 Å². The van der Waals surface area contributed by atoms with Crippen molar-refractivity contribution in [2.75, 3.05) is 20.3 Å². The summed E-state index contributed by atoms with van der Waals surface area (Å²) in [6, 6.07) is 14.9. The van der Waals surface area contributed by atoms with Gasteiger partial charge in [0.1, 0.15) is 11.9 Å². The summed E-state index contributed by atoms with van der Waals surface area (Å²) < 4.78 is 18.2. The summed E-state index contributed by atoms with van der Waals surface area (Å²) in [4.78, 5) is 26.8. The summed E-state index contributed by atoms with van der Waals surface area (Å²) in [5.74, 6) is -0.760. The van der Waals surface area contributed by atoms with Gasteiger partial charge < -0.3 is 15.0 Å². The van der Waals surface area contributed by atoms with E-state index in [1.165, 1.54) is 24.0 Å². The van der Waals surface area contributed by atoms with Crippen molar-refractivity contribution in [1.29, 1.82) is 0 Å².